The van der Waals surface area contributed by atoms with Crippen LogP contribution in [-0.2, 0) is 0 Å². The van der Waals surface area contributed by atoms with Gasteiger partial charge in [0, 0.05) is 29.7 Å². The molecule has 18 heavy (non-hydrogen) atoms. The number of imidazole rings is 1. The van der Waals surface area contributed by atoms with Crippen molar-refractivity contribution < 1.29 is 4.79 Å². The molecule has 3 rings (SSSR count). The zero-order valence-corrected chi connectivity index (χ0v) is 9.87. The highest BCUT2D eigenvalue weighted by molar-refractivity contribution is 5.76. The van der Waals surface area contributed by atoms with Gasteiger partial charge in [-0.15, -0.1) is 0 Å². The van der Waals surface area contributed by atoms with E-state index < -0.39 is 0 Å². The van der Waals surface area contributed by atoms with E-state index in [1.807, 2.05) is 37.5 Å². The Bertz CT molecular complexity index is 716. The molecule has 88 valence electrons. The normalized spacial score (nSPS) is 10.7. The maximum absolute atomic E-state index is 10.9. The second-order valence-electron chi connectivity index (χ2n) is 4.14. The lowest BCUT2D eigenvalue weighted by Gasteiger charge is -2.07. The van der Waals surface area contributed by atoms with E-state index in [-0.39, 0.29) is 0 Å². The molecule has 0 aliphatic heterocycles. The zero-order valence-electron chi connectivity index (χ0n) is 9.87. The lowest BCUT2D eigenvalue weighted by molar-refractivity contribution is 0.111. The van der Waals surface area contributed by atoms with Crippen LogP contribution < -0.4 is 0 Å². The Labute approximate surface area is 104 Å². The lowest BCUT2D eigenvalue weighted by atomic mass is 10.1. The number of nitrogens with zero attached hydrogens (tertiary/aromatic N) is 3. The standard InChI is InChI=1S/C14H11N3O/c1-10-5-14-16-7-12(9-18)17(14)8-13(10)11-3-2-4-15-6-11/h2-9H,1H3. The number of carbonyl (C=O) groups is 1. The summed E-state index contributed by atoms with van der Waals surface area (Å²) >= 11 is 0. The number of hydrogen-bond donors (Lipinski definition) is 0. The first-order valence-electron chi connectivity index (χ1n) is 5.63. The van der Waals surface area contributed by atoms with Gasteiger partial charge < -0.3 is 0 Å². The number of pyridine rings is 2. The number of hydrogen-bond acceptors (Lipinski definition) is 3. The van der Waals surface area contributed by atoms with Gasteiger partial charge >= 0.3 is 0 Å². The topological polar surface area (TPSA) is 47.3 Å². The van der Waals surface area contributed by atoms with Crippen LogP contribution in [0.2, 0.25) is 0 Å². The quantitative estimate of drug-likeness (QED) is 0.643. The van der Waals surface area contributed by atoms with Gasteiger partial charge in [0.1, 0.15) is 11.3 Å². The van der Waals surface area contributed by atoms with Crippen molar-refractivity contribution in [3.63, 3.8) is 0 Å². The van der Waals surface area contributed by atoms with E-state index in [4.69, 9.17) is 0 Å². The fourth-order valence-electron chi connectivity index (χ4n) is 2.05. The Morgan fingerprint density at radius 2 is 2.22 bits per heavy atom. The van der Waals surface area contributed by atoms with Gasteiger partial charge in [-0.3, -0.25) is 14.2 Å². The summed E-state index contributed by atoms with van der Waals surface area (Å²) in [4.78, 5) is 19.3. The Hall–Kier alpha value is -2.49. The highest BCUT2D eigenvalue weighted by Gasteiger charge is 2.07. The van der Waals surface area contributed by atoms with Gasteiger partial charge in [0.15, 0.2) is 6.29 Å². The predicted octanol–water partition coefficient (Wildman–Crippen LogP) is 2.52. The number of fused-ring (bicyclic) bond motifs is 1. The van der Waals surface area contributed by atoms with Crippen LogP contribution in [0.25, 0.3) is 16.8 Å². The molecule has 3 aromatic heterocycles. The van der Waals surface area contributed by atoms with Crippen molar-refractivity contribution >= 4 is 11.9 Å². The molecule has 4 nitrogen and oxygen atoms in total. The average molecular weight is 237 g/mol. The van der Waals surface area contributed by atoms with Crippen LogP contribution in [0.4, 0.5) is 0 Å². The Kier molecular flexibility index (Phi) is 2.41. The van der Waals surface area contributed by atoms with E-state index in [9.17, 15) is 4.79 Å². The molecule has 0 bridgehead atoms. The molecular weight excluding hydrogens is 226 g/mol. The first-order chi connectivity index (χ1) is 8.79. The van der Waals surface area contributed by atoms with Gasteiger partial charge in [-0.2, -0.15) is 0 Å². The molecule has 0 N–H and O–H groups in total. The maximum atomic E-state index is 10.9. The smallest absolute Gasteiger partial charge is 0.168 e. The van der Waals surface area contributed by atoms with Gasteiger partial charge in [-0.1, -0.05) is 6.07 Å². The predicted molar refractivity (Wildman–Crippen MR) is 68.5 cm³/mol. The molecule has 3 heterocycles. The van der Waals surface area contributed by atoms with Gasteiger partial charge in [0.25, 0.3) is 0 Å². The first-order valence-corrected chi connectivity index (χ1v) is 5.63. The number of aryl methyl sites for hydroxylation is 1. The highest BCUT2D eigenvalue weighted by Crippen LogP contribution is 2.23. The summed E-state index contributed by atoms with van der Waals surface area (Å²) < 4.78 is 1.79. The SMILES string of the molecule is Cc1cc2ncc(C=O)n2cc1-c1cccnc1. The molecule has 0 amide bonds. The molecule has 0 aliphatic rings. The molecule has 4 heteroatoms. The summed E-state index contributed by atoms with van der Waals surface area (Å²) in [7, 11) is 0. The number of rotatable bonds is 2. The first kappa shape index (κ1) is 10.7. The fourth-order valence-corrected chi connectivity index (χ4v) is 2.05. The van der Waals surface area contributed by atoms with Gasteiger partial charge in [0.2, 0.25) is 0 Å². The third-order valence-electron chi connectivity index (χ3n) is 2.98. The molecule has 0 saturated heterocycles. The summed E-state index contributed by atoms with van der Waals surface area (Å²) in [6.07, 6.45) is 7.87. The zero-order chi connectivity index (χ0) is 12.5. The summed E-state index contributed by atoms with van der Waals surface area (Å²) in [5.74, 6) is 0. The number of carbonyl (C=O) groups excluding carboxylic acids is 1. The number of aromatic nitrogens is 3. The van der Waals surface area contributed by atoms with E-state index in [0.717, 1.165) is 28.6 Å². The van der Waals surface area contributed by atoms with E-state index in [2.05, 4.69) is 9.97 Å². The van der Waals surface area contributed by atoms with Crippen molar-refractivity contribution in [1.29, 1.82) is 0 Å². The second-order valence-corrected chi connectivity index (χ2v) is 4.14. The van der Waals surface area contributed by atoms with Crippen molar-refractivity contribution in [2.75, 3.05) is 0 Å². The Balaban J connectivity index is 2.29. The minimum atomic E-state index is 0.551. The molecule has 0 saturated carbocycles. The van der Waals surface area contributed by atoms with E-state index in [1.165, 1.54) is 0 Å². The molecule has 0 fully saturated rings. The van der Waals surface area contributed by atoms with Crippen molar-refractivity contribution in [3.05, 3.63) is 54.2 Å². The molecule has 0 radical (unpaired) electrons. The number of aldehydes is 1. The van der Waals surface area contributed by atoms with Crippen LogP contribution >= 0.6 is 0 Å². The molecule has 0 spiro atoms. The molecule has 0 atom stereocenters. The summed E-state index contributed by atoms with van der Waals surface area (Å²) in [6, 6.07) is 5.86. The highest BCUT2D eigenvalue weighted by atomic mass is 16.1. The molecule has 0 unspecified atom stereocenters. The van der Waals surface area contributed by atoms with E-state index >= 15 is 0 Å². The summed E-state index contributed by atoms with van der Waals surface area (Å²) in [5, 5.41) is 0. The van der Waals surface area contributed by atoms with Crippen LogP contribution in [0.1, 0.15) is 16.1 Å². The summed E-state index contributed by atoms with van der Waals surface area (Å²) in [6.45, 7) is 2.03. The van der Waals surface area contributed by atoms with Crippen LogP contribution in [0.3, 0.4) is 0 Å². The largest absolute Gasteiger partial charge is 0.297 e. The van der Waals surface area contributed by atoms with Crippen LogP contribution in [0, 0.1) is 6.92 Å². The molecule has 0 aliphatic carbocycles. The van der Waals surface area contributed by atoms with Crippen LogP contribution in [0.5, 0.6) is 0 Å². The monoisotopic (exact) mass is 237 g/mol. The van der Waals surface area contributed by atoms with Gasteiger partial charge in [-0.05, 0) is 24.6 Å². The van der Waals surface area contributed by atoms with Gasteiger partial charge in [-0.25, -0.2) is 4.98 Å². The second kappa shape index (κ2) is 4.07. The summed E-state index contributed by atoms with van der Waals surface area (Å²) in [5.41, 5.74) is 4.52. The lowest BCUT2D eigenvalue weighted by Crippen LogP contribution is -1.94. The van der Waals surface area contributed by atoms with E-state index in [1.54, 1.807) is 16.8 Å². The van der Waals surface area contributed by atoms with Crippen LogP contribution in [-0.4, -0.2) is 20.7 Å². The fraction of sp³-hybridized carbons (Fsp3) is 0.0714. The third-order valence-corrected chi connectivity index (χ3v) is 2.98. The average Bonchev–Trinajstić information content (AvgIpc) is 2.80. The molecule has 0 aromatic carbocycles. The van der Waals surface area contributed by atoms with Crippen molar-refractivity contribution in [2.24, 2.45) is 0 Å². The van der Waals surface area contributed by atoms with Gasteiger partial charge in [0.05, 0.1) is 6.20 Å². The third kappa shape index (κ3) is 1.59. The van der Waals surface area contributed by atoms with Crippen LogP contribution in [0.15, 0.2) is 43.0 Å². The van der Waals surface area contributed by atoms with Crippen molar-refractivity contribution in [3.8, 4) is 11.1 Å². The van der Waals surface area contributed by atoms with Crippen molar-refractivity contribution in [2.45, 2.75) is 6.92 Å². The molecule has 3 aromatic rings. The Morgan fingerprint density at radius 3 is 2.94 bits per heavy atom. The minimum absolute atomic E-state index is 0.551. The van der Waals surface area contributed by atoms with Crippen molar-refractivity contribution in [1.82, 2.24) is 14.4 Å². The minimum Gasteiger partial charge on any atom is -0.297 e. The maximum Gasteiger partial charge on any atom is 0.168 e. The molecular formula is C14H11N3O. The Morgan fingerprint density at radius 1 is 1.33 bits per heavy atom. The van der Waals surface area contributed by atoms with E-state index in [0.29, 0.717) is 5.69 Å².